The van der Waals surface area contributed by atoms with E-state index in [9.17, 15) is 9.18 Å². The average Bonchev–Trinajstić information content (AvgIpc) is 3.29. The molecule has 0 saturated heterocycles. The third-order valence-electron chi connectivity index (χ3n) is 5.06. The number of hydrogen-bond donors (Lipinski definition) is 2. The highest BCUT2D eigenvalue weighted by atomic mass is 19.1. The van der Waals surface area contributed by atoms with Crippen molar-refractivity contribution in [2.45, 2.75) is 13.1 Å². The Kier molecular flexibility index (Phi) is 7.02. The summed E-state index contributed by atoms with van der Waals surface area (Å²) >= 11 is 0. The summed E-state index contributed by atoms with van der Waals surface area (Å²) < 4.78 is 25.0. The van der Waals surface area contributed by atoms with E-state index in [-0.39, 0.29) is 17.5 Å². The highest BCUT2D eigenvalue weighted by molar-refractivity contribution is 5.97. The fourth-order valence-electron chi connectivity index (χ4n) is 3.28. The Labute approximate surface area is 196 Å². The monoisotopic (exact) mass is 461 g/mol. The molecule has 0 bridgehead atoms. The van der Waals surface area contributed by atoms with Gasteiger partial charge in [0.25, 0.3) is 5.91 Å². The molecule has 1 heterocycles. The molecule has 0 unspecified atom stereocenters. The molecule has 0 radical (unpaired) electrons. The van der Waals surface area contributed by atoms with Crippen LogP contribution in [0.1, 0.15) is 21.5 Å². The van der Waals surface area contributed by atoms with Gasteiger partial charge in [-0.1, -0.05) is 24.3 Å². The first-order valence-electron chi connectivity index (χ1n) is 10.6. The molecule has 174 valence electrons. The van der Waals surface area contributed by atoms with E-state index in [2.05, 4.69) is 20.7 Å². The van der Waals surface area contributed by atoms with Gasteiger partial charge in [-0.05, 0) is 59.7 Å². The first-order valence-corrected chi connectivity index (χ1v) is 10.6. The van der Waals surface area contributed by atoms with Crippen LogP contribution in [0.2, 0.25) is 0 Å². The first-order chi connectivity index (χ1) is 16.6. The van der Waals surface area contributed by atoms with Gasteiger partial charge < -0.3 is 20.1 Å². The summed E-state index contributed by atoms with van der Waals surface area (Å²) in [5.74, 6) is 1.13. The van der Waals surface area contributed by atoms with Crippen LogP contribution in [0.15, 0.2) is 72.8 Å². The lowest BCUT2D eigenvalue weighted by molar-refractivity contribution is 0.0947. The molecule has 8 nitrogen and oxygen atoms in total. The van der Waals surface area contributed by atoms with Crippen molar-refractivity contribution in [2.24, 2.45) is 0 Å². The lowest BCUT2D eigenvalue weighted by Gasteiger charge is -2.08. The molecule has 34 heavy (non-hydrogen) atoms. The Morgan fingerprint density at radius 2 is 1.47 bits per heavy atom. The van der Waals surface area contributed by atoms with Gasteiger partial charge in [0.05, 0.1) is 14.2 Å². The largest absolute Gasteiger partial charge is 0.497 e. The van der Waals surface area contributed by atoms with Crippen molar-refractivity contribution in [3.63, 3.8) is 0 Å². The SMILES string of the molecule is COc1cccc(CNc2nc(NCc3cccc(OC)c3)n(C(=O)c3ccc(F)cc3)n2)c1. The molecule has 0 aliphatic rings. The standard InChI is InChI=1S/C25H24FN5O3/c1-33-21-7-3-5-17(13-21)15-27-24-29-25(28-16-18-6-4-8-22(14-18)34-2)31(30-24)23(32)19-9-11-20(26)12-10-19/h3-14H,15-16H2,1-2H3,(H2,27,28,29,30). The van der Waals surface area contributed by atoms with Gasteiger partial charge in [0.15, 0.2) is 0 Å². The first kappa shape index (κ1) is 22.8. The number of hydrogen-bond acceptors (Lipinski definition) is 7. The Bertz CT molecular complexity index is 1270. The lowest BCUT2D eigenvalue weighted by Crippen LogP contribution is -2.17. The summed E-state index contributed by atoms with van der Waals surface area (Å²) in [4.78, 5) is 17.6. The van der Waals surface area contributed by atoms with Crippen molar-refractivity contribution < 1.29 is 18.7 Å². The van der Waals surface area contributed by atoms with E-state index >= 15 is 0 Å². The smallest absolute Gasteiger partial charge is 0.281 e. The number of aromatic nitrogens is 3. The van der Waals surface area contributed by atoms with Crippen LogP contribution < -0.4 is 20.1 Å². The Morgan fingerprint density at radius 1 is 0.882 bits per heavy atom. The number of benzene rings is 3. The normalized spacial score (nSPS) is 10.6. The highest BCUT2D eigenvalue weighted by Crippen LogP contribution is 2.18. The van der Waals surface area contributed by atoms with E-state index < -0.39 is 11.7 Å². The molecule has 4 aromatic rings. The minimum absolute atomic E-state index is 0.255. The molecule has 3 aromatic carbocycles. The molecule has 0 spiro atoms. The van der Waals surface area contributed by atoms with Crippen molar-refractivity contribution in [2.75, 3.05) is 24.9 Å². The molecule has 9 heteroatoms. The fraction of sp³-hybridized carbons (Fsp3) is 0.160. The van der Waals surface area contributed by atoms with Crippen LogP contribution in [0.3, 0.4) is 0 Å². The summed E-state index contributed by atoms with van der Waals surface area (Å²) in [6.07, 6.45) is 0. The number of halogens is 1. The van der Waals surface area contributed by atoms with Crippen molar-refractivity contribution in [3.05, 3.63) is 95.3 Å². The third-order valence-corrected chi connectivity index (χ3v) is 5.06. The molecular formula is C25H24FN5O3. The van der Waals surface area contributed by atoms with Gasteiger partial charge in [-0.3, -0.25) is 4.79 Å². The number of nitrogens with one attached hydrogen (secondary N) is 2. The molecule has 1 aromatic heterocycles. The van der Waals surface area contributed by atoms with E-state index in [0.29, 0.717) is 13.1 Å². The quantitative estimate of drug-likeness (QED) is 0.383. The number of methoxy groups -OCH3 is 2. The number of carbonyl (C=O) groups excluding carboxylic acids is 1. The number of ether oxygens (including phenoxy) is 2. The van der Waals surface area contributed by atoms with Crippen LogP contribution in [0.5, 0.6) is 11.5 Å². The third kappa shape index (κ3) is 5.50. The van der Waals surface area contributed by atoms with Crippen molar-refractivity contribution in [1.29, 1.82) is 0 Å². The maximum absolute atomic E-state index is 13.3. The van der Waals surface area contributed by atoms with E-state index in [1.165, 1.54) is 28.9 Å². The van der Waals surface area contributed by atoms with Crippen LogP contribution in [0.4, 0.5) is 16.3 Å². The summed E-state index contributed by atoms with van der Waals surface area (Å²) in [7, 11) is 3.21. The number of nitrogens with zero attached hydrogens (tertiary/aromatic N) is 3. The fourth-order valence-corrected chi connectivity index (χ4v) is 3.28. The Morgan fingerprint density at radius 3 is 2.06 bits per heavy atom. The second-order valence-corrected chi connectivity index (χ2v) is 7.39. The number of anilines is 2. The van der Waals surface area contributed by atoms with Crippen LogP contribution in [-0.4, -0.2) is 34.9 Å². The molecule has 4 rings (SSSR count). The van der Waals surface area contributed by atoms with Gasteiger partial charge in [-0.25, -0.2) is 4.39 Å². The van der Waals surface area contributed by atoms with E-state index in [4.69, 9.17) is 9.47 Å². The predicted molar refractivity (Wildman–Crippen MR) is 127 cm³/mol. The van der Waals surface area contributed by atoms with E-state index in [1.54, 1.807) is 14.2 Å². The molecule has 2 N–H and O–H groups in total. The molecular weight excluding hydrogens is 437 g/mol. The zero-order valence-corrected chi connectivity index (χ0v) is 18.8. The van der Waals surface area contributed by atoms with Crippen LogP contribution in [-0.2, 0) is 13.1 Å². The van der Waals surface area contributed by atoms with Gasteiger partial charge in [0.1, 0.15) is 17.3 Å². The van der Waals surface area contributed by atoms with Gasteiger partial charge in [-0.15, -0.1) is 5.10 Å². The molecule has 0 aliphatic carbocycles. The molecule has 0 saturated carbocycles. The maximum Gasteiger partial charge on any atom is 0.281 e. The van der Waals surface area contributed by atoms with Crippen molar-refractivity contribution in [3.8, 4) is 11.5 Å². The van der Waals surface area contributed by atoms with Gasteiger partial charge in [0.2, 0.25) is 11.9 Å². The summed E-state index contributed by atoms with van der Waals surface area (Å²) in [6.45, 7) is 0.823. The highest BCUT2D eigenvalue weighted by Gasteiger charge is 2.18. The number of carbonyl (C=O) groups is 1. The maximum atomic E-state index is 13.3. The second kappa shape index (κ2) is 10.5. The van der Waals surface area contributed by atoms with E-state index in [0.717, 1.165) is 22.6 Å². The van der Waals surface area contributed by atoms with Crippen molar-refractivity contribution >= 4 is 17.8 Å². The summed E-state index contributed by atoms with van der Waals surface area (Å²) in [5, 5.41) is 10.6. The van der Waals surface area contributed by atoms with Crippen LogP contribution >= 0.6 is 0 Å². The zero-order chi connectivity index (χ0) is 23.9. The minimum Gasteiger partial charge on any atom is -0.497 e. The summed E-state index contributed by atoms with van der Waals surface area (Å²) in [6, 6.07) is 20.4. The van der Waals surface area contributed by atoms with Crippen molar-refractivity contribution in [1.82, 2.24) is 14.8 Å². The lowest BCUT2D eigenvalue weighted by atomic mass is 10.2. The minimum atomic E-state index is -0.435. The molecule has 0 aliphatic heterocycles. The predicted octanol–water partition coefficient (Wildman–Crippen LogP) is 4.35. The number of rotatable bonds is 9. The van der Waals surface area contributed by atoms with E-state index in [1.807, 2.05) is 48.5 Å². The van der Waals surface area contributed by atoms with Crippen LogP contribution in [0, 0.1) is 5.82 Å². The average molecular weight is 461 g/mol. The summed E-state index contributed by atoms with van der Waals surface area (Å²) in [5.41, 5.74) is 2.19. The van der Waals surface area contributed by atoms with Gasteiger partial charge >= 0.3 is 0 Å². The van der Waals surface area contributed by atoms with Gasteiger partial charge in [0, 0.05) is 18.7 Å². The Balaban J connectivity index is 1.57. The second-order valence-electron chi connectivity index (χ2n) is 7.39. The Hall–Kier alpha value is -4.40. The molecule has 0 atom stereocenters. The topological polar surface area (TPSA) is 90.3 Å². The molecule has 0 amide bonds. The molecule has 0 fully saturated rings. The van der Waals surface area contributed by atoms with Gasteiger partial charge in [-0.2, -0.15) is 9.67 Å². The zero-order valence-electron chi connectivity index (χ0n) is 18.8. The van der Waals surface area contributed by atoms with Crippen LogP contribution in [0.25, 0.3) is 0 Å².